The first-order valence-electron chi connectivity index (χ1n) is 7.11. The van der Waals surface area contributed by atoms with Gasteiger partial charge in [0.1, 0.15) is 11.6 Å². The summed E-state index contributed by atoms with van der Waals surface area (Å²) in [5.74, 6) is 0.784. The van der Waals surface area contributed by atoms with E-state index in [0.29, 0.717) is 24.0 Å². The van der Waals surface area contributed by atoms with E-state index >= 15 is 0 Å². The van der Waals surface area contributed by atoms with Crippen LogP contribution in [0.4, 0.5) is 21.8 Å². The number of anilines is 3. The van der Waals surface area contributed by atoms with Crippen LogP contribution >= 0.6 is 28.3 Å². The molecule has 0 bridgehead atoms. The van der Waals surface area contributed by atoms with E-state index in [2.05, 4.69) is 36.5 Å². The van der Waals surface area contributed by atoms with Gasteiger partial charge in [-0.3, -0.25) is 0 Å². The Morgan fingerprint density at radius 3 is 3.00 bits per heavy atom. The molecule has 5 nitrogen and oxygen atoms in total. The van der Waals surface area contributed by atoms with Crippen LogP contribution in [0.25, 0.3) is 0 Å². The summed E-state index contributed by atoms with van der Waals surface area (Å²) < 4.78 is 19.5. The van der Waals surface area contributed by atoms with Crippen molar-refractivity contribution in [2.75, 3.05) is 23.8 Å². The fraction of sp³-hybridized carbons (Fsp3) is 0.333. The molecule has 1 aromatic heterocycles. The van der Waals surface area contributed by atoms with Crippen molar-refractivity contribution in [1.29, 1.82) is 0 Å². The minimum Gasteiger partial charge on any atom is -0.376 e. The molecular formula is C15H17BrClFN4O. The number of aromatic nitrogens is 2. The number of hydrogen-bond donors (Lipinski definition) is 2. The zero-order chi connectivity index (χ0) is 15.4. The van der Waals surface area contributed by atoms with Crippen molar-refractivity contribution >= 4 is 45.8 Å². The molecule has 0 radical (unpaired) electrons. The zero-order valence-corrected chi connectivity index (χ0v) is 14.7. The maximum Gasteiger partial charge on any atom is 0.229 e. The summed E-state index contributed by atoms with van der Waals surface area (Å²) in [6.45, 7) is 1.53. The molecule has 3 rings (SSSR count). The summed E-state index contributed by atoms with van der Waals surface area (Å²) in [5, 5.41) is 6.24. The lowest BCUT2D eigenvalue weighted by atomic mass is 10.2. The largest absolute Gasteiger partial charge is 0.376 e. The molecular weight excluding hydrogens is 387 g/mol. The molecule has 1 aromatic carbocycles. The van der Waals surface area contributed by atoms with Crippen molar-refractivity contribution in [2.24, 2.45) is 0 Å². The molecule has 2 N–H and O–H groups in total. The first-order valence-corrected chi connectivity index (χ1v) is 7.90. The highest BCUT2D eigenvalue weighted by atomic mass is 79.9. The van der Waals surface area contributed by atoms with Gasteiger partial charge in [-0.05, 0) is 47.0 Å². The highest BCUT2D eigenvalue weighted by molar-refractivity contribution is 9.10. The van der Waals surface area contributed by atoms with Gasteiger partial charge in [0.05, 0.1) is 10.6 Å². The third kappa shape index (κ3) is 5.02. The molecule has 0 saturated carbocycles. The van der Waals surface area contributed by atoms with Crippen molar-refractivity contribution in [2.45, 2.75) is 18.9 Å². The zero-order valence-electron chi connectivity index (χ0n) is 12.3. The number of nitrogens with one attached hydrogen (secondary N) is 2. The molecule has 0 spiro atoms. The molecule has 23 heavy (non-hydrogen) atoms. The Labute approximate surface area is 148 Å². The van der Waals surface area contributed by atoms with Gasteiger partial charge in [0, 0.05) is 25.0 Å². The third-order valence-corrected chi connectivity index (χ3v) is 3.93. The quantitative estimate of drug-likeness (QED) is 0.786. The van der Waals surface area contributed by atoms with Gasteiger partial charge in [0.15, 0.2) is 0 Å². The van der Waals surface area contributed by atoms with Gasteiger partial charge in [-0.2, -0.15) is 4.98 Å². The second kappa shape index (κ2) is 8.42. The van der Waals surface area contributed by atoms with Crippen molar-refractivity contribution in [3.05, 3.63) is 40.8 Å². The summed E-state index contributed by atoms with van der Waals surface area (Å²) in [6, 6.07) is 6.17. The van der Waals surface area contributed by atoms with Gasteiger partial charge < -0.3 is 15.4 Å². The van der Waals surface area contributed by atoms with E-state index in [0.717, 1.165) is 23.9 Å². The van der Waals surface area contributed by atoms with Gasteiger partial charge in [0.2, 0.25) is 5.95 Å². The fourth-order valence-electron chi connectivity index (χ4n) is 2.26. The van der Waals surface area contributed by atoms with Gasteiger partial charge in [-0.15, -0.1) is 12.4 Å². The van der Waals surface area contributed by atoms with E-state index in [4.69, 9.17) is 4.74 Å². The number of rotatable bonds is 5. The van der Waals surface area contributed by atoms with Crippen LogP contribution in [0.1, 0.15) is 12.8 Å². The van der Waals surface area contributed by atoms with E-state index < -0.39 is 0 Å². The minimum absolute atomic E-state index is 0. The fourth-order valence-corrected chi connectivity index (χ4v) is 2.59. The number of hydrogen-bond acceptors (Lipinski definition) is 5. The van der Waals surface area contributed by atoms with E-state index in [1.54, 1.807) is 18.3 Å². The Kier molecular flexibility index (Phi) is 6.56. The molecule has 2 heterocycles. The molecule has 1 saturated heterocycles. The third-order valence-electron chi connectivity index (χ3n) is 3.35. The molecule has 1 aliphatic heterocycles. The Balaban J connectivity index is 0.00000192. The highest BCUT2D eigenvalue weighted by Crippen LogP contribution is 2.23. The minimum atomic E-state index is -0.307. The van der Waals surface area contributed by atoms with Gasteiger partial charge in [-0.25, -0.2) is 9.37 Å². The van der Waals surface area contributed by atoms with Crippen molar-refractivity contribution in [1.82, 2.24) is 9.97 Å². The van der Waals surface area contributed by atoms with E-state index in [1.165, 1.54) is 12.1 Å². The number of ether oxygens (including phenoxy) is 1. The summed E-state index contributed by atoms with van der Waals surface area (Å²) in [5.41, 5.74) is 0.604. The van der Waals surface area contributed by atoms with Crippen LogP contribution < -0.4 is 10.6 Å². The predicted octanol–water partition coefficient (Wildman–Crippen LogP) is 4.13. The van der Waals surface area contributed by atoms with Crippen LogP contribution in [0.5, 0.6) is 0 Å². The summed E-state index contributed by atoms with van der Waals surface area (Å²) >= 11 is 3.42. The van der Waals surface area contributed by atoms with Crippen LogP contribution in [-0.2, 0) is 4.74 Å². The molecule has 2 aromatic rings. The second-order valence-electron chi connectivity index (χ2n) is 5.04. The summed E-state index contributed by atoms with van der Waals surface area (Å²) in [6.07, 6.45) is 4.04. The average Bonchev–Trinajstić information content (AvgIpc) is 3.01. The van der Waals surface area contributed by atoms with Crippen LogP contribution in [0.2, 0.25) is 0 Å². The van der Waals surface area contributed by atoms with Crippen molar-refractivity contribution < 1.29 is 9.13 Å². The Morgan fingerprint density at radius 2 is 2.26 bits per heavy atom. The highest BCUT2D eigenvalue weighted by Gasteiger charge is 2.16. The SMILES string of the molecule is Cl.Fc1cccc(Nc2ncc(Br)c(NCC3CCCO3)n2)c1. The topological polar surface area (TPSA) is 59.1 Å². The Bertz CT molecular complexity index is 655. The van der Waals surface area contributed by atoms with Crippen LogP contribution in [0.15, 0.2) is 34.9 Å². The van der Waals surface area contributed by atoms with E-state index in [-0.39, 0.29) is 24.3 Å². The normalized spacial score (nSPS) is 16.7. The molecule has 1 fully saturated rings. The lowest BCUT2D eigenvalue weighted by Gasteiger charge is -2.13. The number of benzene rings is 1. The molecule has 1 atom stereocenters. The van der Waals surface area contributed by atoms with Crippen molar-refractivity contribution in [3.8, 4) is 0 Å². The summed E-state index contributed by atoms with van der Waals surface area (Å²) in [7, 11) is 0. The molecule has 124 valence electrons. The Hall–Kier alpha value is -1.44. The van der Waals surface area contributed by atoms with Gasteiger partial charge in [0.25, 0.3) is 0 Å². The summed E-state index contributed by atoms with van der Waals surface area (Å²) in [4.78, 5) is 8.58. The van der Waals surface area contributed by atoms with Gasteiger partial charge in [-0.1, -0.05) is 6.07 Å². The first-order chi connectivity index (χ1) is 10.7. The maximum atomic E-state index is 13.2. The molecule has 8 heteroatoms. The monoisotopic (exact) mass is 402 g/mol. The van der Waals surface area contributed by atoms with Gasteiger partial charge >= 0.3 is 0 Å². The van der Waals surface area contributed by atoms with E-state index in [1.807, 2.05) is 0 Å². The lowest BCUT2D eigenvalue weighted by molar-refractivity contribution is 0.120. The smallest absolute Gasteiger partial charge is 0.229 e. The lowest BCUT2D eigenvalue weighted by Crippen LogP contribution is -2.19. The standard InChI is InChI=1S/C15H16BrFN4O.ClH/c16-13-9-19-15(20-11-4-1-3-10(17)7-11)21-14(13)18-8-12-5-2-6-22-12;/h1,3-4,7,9,12H,2,5-6,8H2,(H2,18,19,20,21);1H. The molecule has 0 aliphatic carbocycles. The van der Waals surface area contributed by atoms with E-state index in [9.17, 15) is 4.39 Å². The van der Waals surface area contributed by atoms with Crippen LogP contribution in [0.3, 0.4) is 0 Å². The number of halogens is 3. The second-order valence-corrected chi connectivity index (χ2v) is 5.90. The van der Waals surface area contributed by atoms with Crippen LogP contribution in [-0.4, -0.2) is 29.2 Å². The number of nitrogens with zero attached hydrogens (tertiary/aromatic N) is 2. The molecule has 0 amide bonds. The van der Waals surface area contributed by atoms with Crippen LogP contribution in [0, 0.1) is 5.82 Å². The Morgan fingerprint density at radius 1 is 1.39 bits per heavy atom. The molecule has 1 unspecified atom stereocenters. The van der Waals surface area contributed by atoms with Crippen molar-refractivity contribution in [3.63, 3.8) is 0 Å². The predicted molar refractivity (Wildman–Crippen MR) is 94.1 cm³/mol. The average molecular weight is 404 g/mol. The first kappa shape index (κ1) is 17.9. The molecule has 1 aliphatic rings. The maximum absolute atomic E-state index is 13.2.